The molecule has 0 aliphatic carbocycles. The Balaban J connectivity index is 1.38. The van der Waals surface area contributed by atoms with Gasteiger partial charge in [-0.2, -0.15) is 0 Å². The normalized spacial score (nSPS) is 13.3. The van der Waals surface area contributed by atoms with Crippen molar-refractivity contribution in [2.75, 3.05) is 4.90 Å². The Bertz CT molecular complexity index is 3030. The average Bonchev–Trinajstić information content (AvgIpc) is 3.70. The van der Waals surface area contributed by atoms with Crippen molar-refractivity contribution in [2.24, 2.45) is 0 Å². The van der Waals surface area contributed by atoms with Crippen LogP contribution in [0.4, 0.5) is 17.1 Å². The molecule has 48 heavy (non-hydrogen) atoms. The fourth-order valence-electron chi connectivity index (χ4n) is 9.16. The van der Waals surface area contributed by atoms with Gasteiger partial charge in [0, 0.05) is 33.2 Å². The van der Waals surface area contributed by atoms with Gasteiger partial charge in [-0.05, 0) is 91.8 Å². The fourth-order valence-corrected chi connectivity index (χ4v) is 9.16. The molecule has 0 spiro atoms. The van der Waals surface area contributed by atoms with Crippen molar-refractivity contribution in [3.05, 3.63) is 152 Å². The van der Waals surface area contributed by atoms with Crippen LogP contribution in [0, 0.1) is 0 Å². The van der Waals surface area contributed by atoms with E-state index in [0.29, 0.717) is 0 Å². The van der Waals surface area contributed by atoms with Gasteiger partial charge in [0.1, 0.15) is 5.58 Å². The number of furan rings is 1. The summed E-state index contributed by atoms with van der Waals surface area (Å²) in [5, 5.41) is 11.4. The Morgan fingerprint density at radius 3 is 1.90 bits per heavy atom. The van der Waals surface area contributed by atoms with Crippen molar-refractivity contribution in [1.82, 2.24) is 4.57 Å². The number of nitrogens with zero attached hydrogens (tertiary/aromatic N) is 2. The number of benzene rings is 8. The molecule has 0 atom stereocenters. The van der Waals surface area contributed by atoms with Crippen LogP contribution in [0.3, 0.4) is 0 Å². The molecule has 220 valence electrons. The molecule has 0 amide bonds. The molecule has 0 bridgehead atoms. The molecule has 12 rings (SSSR count). The molecule has 10 aromatic rings. The van der Waals surface area contributed by atoms with Crippen LogP contribution in [0.2, 0.25) is 0 Å². The maximum absolute atomic E-state index is 7.11. The van der Waals surface area contributed by atoms with Crippen LogP contribution in [0.5, 0.6) is 0 Å². The van der Waals surface area contributed by atoms with Gasteiger partial charge in [-0.1, -0.05) is 103 Å². The van der Waals surface area contributed by atoms with Crippen LogP contribution in [0.1, 0.15) is 0 Å². The van der Waals surface area contributed by atoms with E-state index in [1.807, 2.05) is 0 Å². The number of hydrogen-bond acceptors (Lipinski definition) is 2. The smallest absolute Gasteiger partial charge is 0.297 e. The standard InChI is InChI=1S/C44H25BN2O/c1-2-13-26(14-3-1)46-36-22-12-23-37-40(36)45(44-43(46)32-20-9-11-24-38(32)48-44)41-39-31-19-7-6-16-28(31)27-15-4-5-17-29(27)33(39)25-34-30-18-8-10-21-35(30)47(37)42(34)41/h1-25H. The first-order valence-electron chi connectivity index (χ1n) is 16.7. The summed E-state index contributed by atoms with van der Waals surface area (Å²) in [6, 6.07) is 55.4. The van der Waals surface area contributed by atoms with Crippen molar-refractivity contribution in [2.45, 2.75) is 0 Å². The summed E-state index contributed by atoms with van der Waals surface area (Å²) < 4.78 is 9.65. The predicted molar refractivity (Wildman–Crippen MR) is 202 cm³/mol. The fraction of sp³-hybridized carbons (Fsp3) is 0. The summed E-state index contributed by atoms with van der Waals surface area (Å²) in [4.78, 5) is 2.43. The molecule has 0 radical (unpaired) electrons. The van der Waals surface area contributed by atoms with E-state index in [4.69, 9.17) is 4.42 Å². The van der Waals surface area contributed by atoms with E-state index in [1.54, 1.807) is 0 Å². The van der Waals surface area contributed by atoms with Gasteiger partial charge in [0.25, 0.3) is 6.71 Å². The molecule has 4 heteroatoms. The highest BCUT2D eigenvalue weighted by Gasteiger charge is 2.46. The van der Waals surface area contributed by atoms with E-state index < -0.39 is 0 Å². The first-order valence-corrected chi connectivity index (χ1v) is 16.7. The van der Waals surface area contributed by atoms with Gasteiger partial charge in [0.2, 0.25) is 0 Å². The number of anilines is 3. The molecule has 0 saturated carbocycles. The Morgan fingerprint density at radius 1 is 0.458 bits per heavy atom. The number of fused-ring (bicyclic) bond motifs is 16. The van der Waals surface area contributed by atoms with Crippen molar-refractivity contribution < 1.29 is 4.42 Å². The minimum absolute atomic E-state index is 0.105. The Labute approximate surface area is 275 Å². The van der Waals surface area contributed by atoms with Crippen molar-refractivity contribution in [3.8, 4) is 5.69 Å². The van der Waals surface area contributed by atoms with E-state index in [0.717, 1.165) is 28.0 Å². The van der Waals surface area contributed by atoms with Crippen LogP contribution in [-0.2, 0) is 0 Å². The van der Waals surface area contributed by atoms with Gasteiger partial charge in [-0.15, -0.1) is 0 Å². The van der Waals surface area contributed by atoms with E-state index in [1.165, 1.54) is 76.4 Å². The Morgan fingerprint density at radius 2 is 1.08 bits per heavy atom. The summed E-state index contributed by atoms with van der Waals surface area (Å²) in [6.45, 7) is -0.105. The maximum Gasteiger partial charge on any atom is 0.297 e. The Kier molecular flexibility index (Phi) is 4.54. The van der Waals surface area contributed by atoms with Crippen LogP contribution in [0.15, 0.2) is 156 Å². The highest BCUT2D eigenvalue weighted by molar-refractivity contribution is 7.01. The highest BCUT2D eigenvalue weighted by atomic mass is 16.3. The summed E-state index contributed by atoms with van der Waals surface area (Å²) >= 11 is 0. The van der Waals surface area contributed by atoms with E-state index in [9.17, 15) is 0 Å². The lowest BCUT2D eigenvalue weighted by Crippen LogP contribution is -2.60. The SMILES string of the molecule is c1ccc(N2c3cccc4c3B(c3oc5ccccc5c32)c2c3c5ccccc5c5ccccc5c3cc3c5ccccc5n-4c23)cc1. The summed E-state index contributed by atoms with van der Waals surface area (Å²) in [5.41, 5.74) is 11.7. The summed E-state index contributed by atoms with van der Waals surface area (Å²) in [7, 11) is 0. The zero-order chi connectivity index (χ0) is 31.1. The van der Waals surface area contributed by atoms with Gasteiger partial charge in [-0.25, -0.2) is 0 Å². The molecular weight excluding hydrogens is 583 g/mol. The van der Waals surface area contributed by atoms with Gasteiger partial charge in [0.15, 0.2) is 0 Å². The second kappa shape index (κ2) is 8.75. The third kappa shape index (κ3) is 2.89. The topological polar surface area (TPSA) is 21.3 Å². The molecule has 2 aliphatic heterocycles. The molecule has 0 saturated heterocycles. The third-order valence-electron chi connectivity index (χ3n) is 10.9. The number of para-hydroxylation sites is 3. The zero-order valence-electron chi connectivity index (χ0n) is 25.8. The van der Waals surface area contributed by atoms with Crippen LogP contribution in [-0.4, -0.2) is 11.3 Å². The lowest BCUT2D eigenvalue weighted by Gasteiger charge is -2.38. The zero-order valence-corrected chi connectivity index (χ0v) is 25.8. The van der Waals surface area contributed by atoms with Gasteiger partial charge >= 0.3 is 0 Å². The second-order valence-corrected chi connectivity index (χ2v) is 13.2. The molecule has 8 aromatic carbocycles. The number of hydrogen-bond donors (Lipinski definition) is 0. The third-order valence-corrected chi connectivity index (χ3v) is 10.9. The van der Waals surface area contributed by atoms with Crippen molar-refractivity contribution >= 4 is 105 Å². The first-order chi connectivity index (χ1) is 23.9. The van der Waals surface area contributed by atoms with Crippen molar-refractivity contribution in [3.63, 3.8) is 0 Å². The summed E-state index contributed by atoms with van der Waals surface area (Å²) in [5.74, 6) is 0. The maximum atomic E-state index is 7.11. The van der Waals surface area contributed by atoms with Crippen LogP contribution >= 0.6 is 0 Å². The molecule has 2 aliphatic rings. The molecule has 0 fully saturated rings. The number of aromatic nitrogens is 1. The number of rotatable bonds is 1. The van der Waals surface area contributed by atoms with E-state index in [2.05, 4.69) is 161 Å². The summed E-state index contributed by atoms with van der Waals surface area (Å²) in [6.07, 6.45) is 0. The molecule has 4 heterocycles. The lowest BCUT2D eigenvalue weighted by atomic mass is 9.35. The van der Waals surface area contributed by atoms with Gasteiger partial charge < -0.3 is 13.9 Å². The van der Waals surface area contributed by atoms with Crippen LogP contribution in [0.25, 0.3) is 70.8 Å². The largest absolute Gasteiger partial charge is 0.468 e. The lowest BCUT2D eigenvalue weighted by molar-refractivity contribution is 0.651. The highest BCUT2D eigenvalue weighted by Crippen LogP contribution is 2.46. The average molecular weight is 609 g/mol. The van der Waals surface area contributed by atoms with E-state index >= 15 is 0 Å². The molecular formula is C44H25BN2O. The van der Waals surface area contributed by atoms with E-state index in [-0.39, 0.29) is 6.71 Å². The van der Waals surface area contributed by atoms with Gasteiger partial charge in [0.05, 0.1) is 22.4 Å². The molecule has 0 N–H and O–H groups in total. The monoisotopic (exact) mass is 608 g/mol. The minimum Gasteiger partial charge on any atom is -0.468 e. The first kappa shape index (κ1) is 24.9. The van der Waals surface area contributed by atoms with Gasteiger partial charge in [-0.3, -0.25) is 0 Å². The molecule has 3 nitrogen and oxygen atoms in total. The van der Waals surface area contributed by atoms with Crippen LogP contribution < -0.4 is 21.5 Å². The minimum atomic E-state index is -0.105. The molecule has 0 unspecified atom stereocenters. The Hall–Kier alpha value is -6.26. The predicted octanol–water partition coefficient (Wildman–Crippen LogP) is 9.60. The molecule has 2 aromatic heterocycles. The quantitative estimate of drug-likeness (QED) is 0.137. The second-order valence-electron chi connectivity index (χ2n) is 13.2. The van der Waals surface area contributed by atoms with Crippen molar-refractivity contribution in [1.29, 1.82) is 0 Å².